The van der Waals surface area contributed by atoms with Crippen LogP contribution in [0.15, 0.2) is 56.5 Å². The number of hydrogen-bond acceptors (Lipinski definition) is 7. The summed E-state index contributed by atoms with van der Waals surface area (Å²) in [5, 5.41) is 8.80. The first-order valence-electron chi connectivity index (χ1n) is 11.2. The third kappa shape index (κ3) is 3.65. The molecule has 168 valence electrons. The van der Waals surface area contributed by atoms with Crippen LogP contribution in [0.5, 0.6) is 0 Å². The highest BCUT2D eigenvalue weighted by Gasteiger charge is 2.35. The van der Waals surface area contributed by atoms with Gasteiger partial charge in [-0.05, 0) is 54.8 Å². The Balaban J connectivity index is 1.34. The second-order valence-electron chi connectivity index (χ2n) is 8.42. The van der Waals surface area contributed by atoms with E-state index in [2.05, 4.69) is 10.1 Å². The fourth-order valence-corrected chi connectivity index (χ4v) is 6.66. The van der Waals surface area contributed by atoms with E-state index in [0.717, 1.165) is 46.7 Å². The fourth-order valence-electron chi connectivity index (χ4n) is 4.72. The minimum Gasteiger partial charge on any atom is -0.467 e. The number of hydrazone groups is 1. The van der Waals surface area contributed by atoms with Gasteiger partial charge in [-0.25, -0.2) is 9.99 Å². The molecule has 4 aromatic heterocycles. The van der Waals surface area contributed by atoms with Gasteiger partial charge in [0.05, 0.1) is 28.6 Å². The molecule has 0 saturated carbocycles. The summed E-state index contributed by atoms with van der Waals surface area (Å²) in [6.45, 7) is -0.106. The van der Waals surface area contributed by atoms with Crippen LogP contribution in [0, 0.1) is 0 Å². The molecule has 0 fully saturated rings. The average molecular weight is 479 g/mol. The summed E-state index contributed by atoms with van der Waals surface area (Å²) in [4.78, 5) is 34.4. The Morgan fingerprint density at radius 2 is 2.09 bits per heavy atom. The highest BCUT2D eigenvalue weighted by atomic mass is 32.1. The molecule has 1 atom stereocenters. The van der Waals surface area contributed by atoms with E-state index in [4.69, 9.17) is 4.42 Å². The van der Waals surface area contributed by atoms with Crippen molar-refractivity contribution in [1.29, 1.82) is 0 Å². The molecule has 2 aliphatic rings. The number of carbonyl (C=O) groups excluding carboxylic acids is 1. The topological polar surface area (TPSA) is 80.7 Å². The normalized spacial score (nSPS) is 18.4. The molecule has 1 aliphatic carbocycles. The van der Waals surface area contributed by atoms with Gasteiger partial charge in [0.15, 0.2) is 0 Å². The summed E-state index contributed by atoms with van der Waals surface area (Å²) in [7, 11) is 0. The Morgan fingerprint density at radius 3 is 2.91 bits per heavy atom. The third-order valence-electron chi connectivity index (χ3n) is 6.34. The van der Waals surface area contributed by atoms with Crippen molar-refractivity contribution in [2.75, 3.05) is 0 Å². The van der Waals surface area contributed by atoms with E-state index in [1.807, 2.05) is 29.6 Å². The van der Waals surface area contributed by atoms with E-state index in [1.54, 1.807) is 28.9 Å². The van der Waals surface area contributed by atoms with Crippen LogP contribution in [0.2, 0.25) is 0 Å². The van der Waals surface area contributed by atoms with Gasteiger partial charge in [-0.15, -0.1) is 22.7 Å². The number of aromatic nitrogens is 2. The van der Waals surface area contributed by atoms with E-state index < -0.39 is 0 Å². The monoisotopic (exact) mass is 478 g/mol. The lowest BCUT2D eigenvalue weighted by Crippen LogP contribution is -2.34. The van der Waals surface area contributed by atoms with Crippen molar-refractivity contribution in [2.45, 2.75) is 51.1 Å². The Labute approximate surface area is 198 Å². The van der Waals surface area contributed by atoms with Crippen molar-refractivity contribution in [3.05, 3.63) is 73.7 Å². The number of amides is 1. The Kier molecular flexibility index (Phi) is 5.22. The number of furan rings is 1. The van der Waals surface area contributed by atoms with Crippen molar-refractivity contribution < 1.29 is 9.21 Å². The minimum atomic E-state index is -0.325. The van der Waals surface area contributed by atoms with E-state index in [1.165, 1.54) is 27.2 Å². The molecule has 1 aliphatic heterocycles. The average Bonchev–Trinajstić information content (AvgIpc) is 3.60. The second-order valence-corrected chi connectivity index (χ2v) is 10.5. The largest absolute Gasteiger partial charge is 0.467 e. The summed E-state index contributed by atoms with van der Waals surface area (Å²) >= 11 is 3.22. The molecule has 33 heavy (non-hydrogen) atoms. The molecular weight excluding hydrogens is 456 g/mol. The molecule has 7 nitrogen and oxygen atoms in total. The SMILES string of the molecule is O=C(Cn1cnc2sc3c(c2c1=O)CCCCC3)N1N=C(c2cccs2)CC1c1ccco1. The second kappa shape index (κ2) is 8.39. The summed E-state index contributed by atoms with van der Waals surface area (Å²) in [6.07, 6.45) is 9.02. The maximum absolute atomic E-state index is 13.4. The lowest BCUT2D eigenvalue weighted by atomic mass is 10.1. The van der Waals surface area contributed by atoms with E-state index in [9.17, 15) is 9.59 Å². The Hall–Kier alpha value is -3.04. The molecule has 1 amide bonds. The lowest BCUT2D eigenvalue weighted by molar-refractivity contribution is -0.134. The van der Waals surface area contributed by atoms with Crippen LogP contribution >= 0.6 is 22.7 Å². The zero-order valence-corrected chi connectivity index (χ0v) is 19.5. The summed E-state index contributed by atoms with van der Waals surface area (Å²) in [6, 6.07) is 7.32. The molecule has 0 saturated heterocycles. The van der Waals surface area contributed by atoms with E-state index in [0.29, 0.717) is 17.6 Å². The van der Waals surface area contributed by atoms with Crippen LogP contribution in [0.1, 0.15) is 52.8 Å². The van der Waals surface area contributed by atoms with Gasteiger partial charge >= 0.3 is 0 Å². The van der Waals surface area contributed by atoms with Crippen LogP contribution in [-0.2, 0) is 24.2 Å². The molecule has 0 radical (unpaired) electrons. The minimum absolute atomic E-state index is 0.106. The number of thiophene rings is 2. The van der Waals surface area contributed by atoms with Crippen molar-refractivity contribution in [3.63, 3.8) is 0 Å². The number of aryl methyl sites for hydroxylation is 2. The first kappa shape index (κ1) is 20.6. The predicted octanol–water partition coefficient (Wildman–Crippen LogP) is 4.76. The van der Waals surface area contributed by atoms with Crippen molar-refractivity contribution in [1.82, 2.24) is 14.6 Å². The van der Waals surface area contributed by atoms with Gasteiger partial charge in [-0.3, -0.25) is 14.2 Å². The van der Waals surface area contributed by atoms with Gasteiger partial charge in [0.1, 0.15) is 23.2 Å². The quantitative estimate of drug-likeness (QED) is 0.396. The molecule has 9 heteroatoms. The van der Waals surface area contributed by atoms with Crippen LogP contribution < -0.4 is 5.56 Å². The lowest BCUT2D eigenvalue weighted by Gasteiger charge is -2.20. The van der Waals surface area contributed by atoms with Crippen molar-refractivity contribution in [3.8, 4) is 0 Å². The Morgan fingerprint density at radius 1 is 1.18 bits per heavy atom. The van der Waals surface area contributed by atoms with Gasteiger partial charge < -0.3 is 4.42 Å². The van der Waals surface area contributed by atoms with Crippen LogP contribution in [0.4, 0.5) is 0 Å². The third-order valence-corrected chi connectivity index (χ3v) is 8.46. The Bertz CT molecular complexity index is 1400. The number of hydrogen-bond donors (Lipinski definition) is 0. The molecular formula is C24H22N4O3S2. The van der Waals surface area contributed by atoms with Gasteiger partial charge in [-0.1, -0.05) is 12.5 Å². The number of carbonyl (C=O) groups is 1. The number of fused-ring (bicyclic) bond motifs is 3. The molecule has 4 aromatic rings. The molecule has 0 bridgehead atoms. The van der Waals surface area contributed by atoms with Crippen molar-refractivity contribution >= 4 is 44.5 Å². The van der Waals surface area contributed by atoms with Gasteiger partial charge in [0.25, 0.3) is 11.5 Å². The molecule has 1 unspecified atom stereocenters. The summed E-state index contributed by atoms with van der Waals surface area (Å²) in [5.41, 5.74) is 1.85. The fraction of sp³-hybridized carbons (Fsp3) is 0.333. The van der Waals surface area contributed by atoms with Crippen LogP contribution in [0.3, 0.4) is 0 Å². The number of rotatable bonds is 4. The zero-order valence-electron chi connectivity index (χ0n) is 17.9. The van der Waals surface area contributed by atoms with E-state index in [-0.39, 0.29) is 24.1 Å². The highest BCUT2D eigenvalue weighted by molar-refractivity contribution is 7.18. The first-order valence-corrected chi connectivity index (χ1v) is 12.8. The van der Waals surface area contributed by atoms with Gasteiger partial charge in [-0.2, -0.15) is 5.10 Å². The summed E-state index contributed by atoms with van der Waals surface area (Å²) in [5.74, 6) is 0.426. The zero-order chi connectivity index (χ0) is 22.4. The smallest absolute Gasteiger partial charge is 0.263 e. The van der Waals surface area contributed by atoms with Crippen molar-refractivity contribution in [2.24, 2.45) is 5.10 Å². The standard InChI is InChI=1S/C24H22N4O3S2/c29-21(28-17(18-7-4-10-31-18)12-16(26-28)20-9-5-11-32-20)13-27-14-25-23-22(24(27)30)15-6-2-1-3-8-19(15)33-23/h4-5,7,9-11,14,17H,1-3,6,8,12-13H2. The molecule has 5 heterocycles. The molecule has 0 aromatic carbocycles. The molecule has 0 spiro atoms. The highest BCUT2D eigenvalue weighted by Crippen LogP contribution is 2.35. The summed E-state index contributed by atoms with van der Waals surface area (Å²) < 4.78 is 7.05. The first-order chi connectivity index (χ1) is 16.2. The van der Waals surface area contributed by atoms with Crippen LogP contribution in [-0.4, -0.2) is 26.2 Å². The maximum Gasteiger partial charge on any atom is 0.263 e. The van der Waals surface area contributed by atoms with E-state index >= 15 is 0 Å². The predicted molar refractivity (Wildman–Crippen MR) is 129 cm³/mol. The molecule has 6 rings (SSSR count). The molecule has 0 N–H and O–H groups in total. The van der Waals surface area contributed by atoms with Gasteiger partial charge in [0.2, 0.25) is 0 Å². The van der Waals surface area contributed by atoms with Gasteiger partial charge in [0, 0.05) is 11.3 Å². The number of nitrogens with zero attached hydrogens (tertiary/aromatic N) is 4. The van der Waals surface area contributed by atoms with Crippen LogP contribution in [0.25, 0.3) is 10.2 Å². The maximum atomic E-state index is 13.4.